The highest BCUT2D eigenvalue weighted by atomic mass is 32.2. The summed E-state index contributed by atoms with van der Waals surface area (Å²) in [5.41, 5.74) is 1.93. The van der Waals surface area contributed by atoms with Crippen molar-refractivity contribution >= 4 is 15.5 Å². The van der Waals surface area contributed by atoms with Crippen LogP contribution in [0.1, 0.15) is 25.5 Å². The van der Waals surface area contributed by atoms with Crippen LogP contribution >= 0.6 is 0 Å². The van der Waals surface area contributed by atoms with Crippen LogP contribution in [0.3, 0.4) is 0 Å². The minimum Gasteiger partial charge on any atom is -0.370 e. The molecule has 8 heteroatoms. The number of aryl methyl sites for hydroxylation is 2. The van der Waals surface area contributed by atoms with Crippen LogP contribution in [-0.4, -0.2) is 41.3 Å². The Kier molecular flexibility index (Phi) is 4.57. The van der Waals surface area contributed by atoms with Crippen molar-refractivity contribution in [3.05, 3.63) is 36.3 Å². The molecule has 1 aliphatic rings. The van der Waals surface area contributed by atoms with Gasteiger partial charge in [0.25, 0.3) is 0 Å². The van der Waals surface area contributed by atoms with Crippen LogP contribution in [0.2, 0.25) is 0 Å². The van der Waals surface area contributed by atoms with Crippen molar-refractivity contribution in [1.82, 2.24) is 14.8 Å². The zero-order valence-electron chi connectivity index (χ0n) is 14.7. The number of pyridine rings is 1. The van der Waals surface area contributed by atoms with Crippen LogP contribution in [-0.2, 0) is 16.9 Å². The van der Waals surface area contributed by atoms with Gasteiger partial charge in [0.05, 0.1) is 18.1 Å². The molecule has 0 bridgehead atoms. The van der Waals surface area contributed by atoms with Gasteiger partial charge in [-0.05, 0) is 44.9 Å². The van der Waals surface area contributed by atoms with E-state index in [1.54, 1.807) is 6.20 Å². The van der Waals surface area contributed by atoms with Crippen LogP contribution < -0.4 is 4.90 Å². The molecular weight excluding hydrogens is 343 g/mol. The number of aromatic nitrogens is 3. The first-order chi connectivity index (χ1) is 11.7. The van der Waals surface area contributed by atoms with Crippen LogP contribution in [0, 0.1) is 12.8 Å². The minimum atomic E-state index is -4.11. The van der Waals surface area contributed by atoms with Gasteiger partial charge in [0.1, 0.15) is 0 Å². The summed E-state index contributed by atoms with van der Waals surface area (Å²) in [6.07, 6.45) is 4.11. The molecule has 1 saturated heterocycles. The van der Waals surface area contributed by atoms with Crippen molar-refractivity contribution in [3.63, 3.8) is 0 Å². The number of nitrogens with zero attached hydrogens (tertiary/aromatic N) is 4. The summed E-state index contributed by atoms with van der Waals surface area (Å²) in [6, 6.07) is 5.28. The van der Waals surface area contributed by atoms with Crippen LogP contribution in [0.15, 0.2) is 35.6 Å². The lowest BCUT2D eigenvalue weighted by Crippen LogP contribution is -2.46. The second-order valence-electron chi connectivity index (χ2n) is 6.70. The number of hydrogen-bond acceptors (Lipinski definition) is 5. The molecule has 6 nitrogen and oxygen atoms in total. The predicted octanol–water partition coefficient (Wildman–Crippen LogP) is 2.50. The SMILES string of the molecule is Cc1ccc(N2CCC(C(C)(F)S(=O)(=O)c3ccnn3C)CC2)cn1. The number of rotatable bonds is 4. The molecule has 2 aromatic heterocycles. The van der Waals surface area contributed by atoms with E-state index in [9.17, 15) is 8.42 Å². The van der Waals surface area contributed by atoms with Crippen molar-refractivity contribution in [2.75, 3.05) is 18.0 Å². The Labute approximate surface area is 147 Å². The summed E-state index contributed by atoms with van der Waals surface area (Å²) in [4.78, 5) is 6.40. The van der Waals surface area contributed by atoms with Gasteiger partial charge in [0.15, 0.2) is 5.03 Å². The highest BCUT2D eigenvalue weighted by molar-refractivity contribution is 7.92. The molecule has 3 heterocycles. The van der Waals surface area contributed by atoms with Gasteiger partial charge in [-0.3, -0.25) is 9.67 Å². The van der Waals surface area contributed by atoms with E-state index < -0.39 is 20.8 Å². The molecular formula is C17H23FN4O2S. The third-order valence-corrected chi connectivity index (χ3v) is 7.40. The molecule has 0 saturated carbocycles. The lowest BCUT2D eigenvalue weighted by Gasteiger charge is -2.38. The summed E-state index contributed by atoms with van der Waals surface area (Å²) < 4.78 is 42.2. The fourth-order valence-electron chi connectivity index (χ4n) is 3.35. The van der Waals surface area contributed by atoms with Crippen molar-refractivity contribution in [2.24, 2.45) is 13.0 Å². The number of halogens is 1. The molecule has 0 N–H and O–H groups in total. The zero-order valence-corrected chi connectivity index (χ0v) is 15.5. The molecule has 25 heavy (non-hydrogen) atoms. The van der Waals surface area contributed by atoms with Crippen LogP contribution in [0.5, 0.6) is 0 Å². The molecule has 136 valence electrons. The maximum Gasteiger partial charge on any atom is 0.230 e. The standard InChI is InChI=1S/C17H23FN4O2S/c1-13-4-5-15(12-19-13)22-10-7-14(8-11-22)17(2,18)25(23,24)16-6-9-20-21(16)3/h4-6,9,12,14H,7-8,10-11H2,1-3H3. The lowest BCUT2D eigenvalue weighted by molar-refractivity contribution is 0.165. The number of hydrogen-bond donors (Lipinski definition) is 0. The lowest BCUT2D eigenvalue weighted by atomic mass is 9.92. The topological polar surface area (TPSA) is 68.1 Å². The Morgan fingerprint density at radius 1 is 1.24 bits per heavy atom. The molecule has 2 aromatic rings. The van der Waals surface area contributed by atoms with Crippen molar-refractivity contribution < 1.29 is 12.8 Å². The molecule has 3 rings (SSSR count). The van der Waals surface area contributed by atoms with E-state index in [0.717, 1.165) is 11.4 Å². The van der Waals surface area contributed by atoms with Gasteiger partial charge in [-0.1, -0.05) is 0 Å². The van der Waals surface area contributed by atoms with Gasteiger partial charge in [-0.25, -0.2) is 12.8 Å². The van der Waals surface area contributed by atoms with Crippen molar-refractivity contribution in [2.45, 2.75) is 36.7 Å². The van der Waals surface area contributed by atoms with Crippen LogP contribution in [0.25, 0.3) is 0 Å². The number of alkyl halides is 1. The van der Waals surface area contributed by atoms with Gasteiger partial charge in [0.2, 0.25) is 14.8 Å². The summed E-state index contributed by atoms with van der Waals surface area (Å²) in [7, 11) is -2.60. The van der Waals surface area contributed by atoms with E-state index in [1.807, 2.05) is 19.1 Å². The Bertz CT molecular complexity index is 838. The molecule has 1 aliphatic heterocycles. The average Bonchev–Trinajstić information content (AvgIpc) is 3.02. The first kappa shape index (κ1) is 17.8. The van der Waals surface area contributed by atoms with Gasteiger partial charge >= 0.3 is 0 Å². The Morgan fingerprint density at radius 3 is 2.44 bits per heavy atom. The second kappa shape index (κ2) is 6.40. The largest absolute Gasteiger partial charge is 0.370 e. The quantitative estimate of drug-likeness (QED) is 0.832. The number of anilines is 1. The minimum absolute atomic E-state index is 0.0809. The maximum absolute atomic E-state index is 15.4. The smallest absolute Gasteiger partial charge is 0.230 e. The monoisotopic (exact) mass is 366 g/mol. The van der Waals surface area contributed by atoms with Crippen molar-refractivity contribution in [3.8, 4) is 0 Å². The highest BCUT2D eigenvalue weighted by Crippen LogP contribution is 2.39. The Balaban J connectivity index is 1.75. The van der Waals surface area contributed by atoms with Gasteiger partial charge in [-0.2, -0.15) is 5.10 Å². The van der Waals surface area contributed by atoms with E-state index in [2.05, 4.69) is 15.0 Å². The fourth-order valence-corrected chi connectivity index (χ4v) is 5.07. The highest BCUT2D eigenvalue weighted by Gasteiger charge is 2.49. The second-order valence-corrected chi connectivity index (χ2v) is 8.92. The Hall–Kier alpha value is -1.96. The normalized spacial score (nSPS) is 19.0. The molecule has 1 unspecified atom stereocenters. The maximum atomic E-state index is 15.4. The molecule has 0 aliphatic carbocycles. The van der Waals surface area contributed by atoms with Gasteiger partial charge in [-0.15, -0.1) is 0 Å². The third-order valence-electron chi connectivity index (χ3n) is 5.06. The van der Waals surface area contributed by atoms with E-state index in [4.69, 9.17) is 0 Å². The number of piperidine rings is 1. The molecule has 1 fully saturated rings. The van der Waals surface area contributed by atoms with Gasteiger partial charge in [0, 0.05) is 31.7 Å². The first-order valence-electron chi connectivity index (χ1n) is 8.32. The summed E-state index contributed by atoms with van der Waals surface area (Å²) >= 11 is 0. The third kappa shape index (κ3) is 3.15. The van der Waals surface area contributed by atoms with Gasteiger partial charge < -0.3 is 4.90 Å². The molecule has 0 radical (unpaired) electrons. The summed E-state index contributed by atoms with van der Waals surface area (Å²) in [5.74, 6) is -0.554. The van der Waals surface area contributed by atoms with Crippen molar-refractivity contribution in [1.29, 1.82) is 0 Å². The molecule has 0 aromatic carbocycles. The molecule has 1 atom stereocenters. The molecule has 0 amide bonds. The predicted molar refractivity (Wildman–Crippen MR) is 93.8 cm³/mol. The first-order valence-corrected chi connectivity index (χ1v) is 9.81. The summed E-state index contributed by atoms with van der Waals surface area (Å²) in [6.45, 7) is 4.32. The van der Waals surface area contributed by atoms with Crippen LogP contribution in [0.4, 0.5) is 10.1 Å². The van der Waals surface area contributed by atoms with E-state index in [0.29, 0.717) is 25.9 Å². The summed E-state index contributed by atoms with van der Waals surface area (Å²) in [5, 5.41) is 1.45. The Morgan fingerprint density at radius 2 is 1.92 bits per heavy atom. The fraction of sp³-hybridized carbons (Fsp3) is 0.529. The molecule has 0 spiro atoms. The van der Waals surface area contributed by atoms with E-state index >= 15 is 4.39 Å². The van der Waals surface area contributed by atoms with E-state index in [1.165, 1.54) is 30.9 Å². The van der Waals surface area contributed by atoms with E-state index in [-0.39, 0.29) is 5.03 Å². The zero-order chi connectivity index (χ0) is 18.2. The average molecular weight is 366 g/mol. The number of sulfone groups is 1.